The Kier molecular flexibility index (Phi) is 3.53. The molecular weight excluding hydrogens is 257 g/mol. The van der Waals surface area contributed by atoms with E-state index >= 15 is 0 Å². The Labute approximate surface area is 108 Å². The molecule has 0 aliphatic rings. The van der Waals surface area contributed by atoms with E-state index in [-0.39, 0.29) is 16.5 Å². The van der Waals surface area contributed by atoms with Crippen molar-refractivity contribution in [1.29, 1.82) is 0 Å². The van der Waals surface area contributed by atoms with Crippen LogP contribution in [0.4, 0.5) is 10.2 Å². The first kappa shape index (κ1) is 12.4. The van der Waals surface area contributed by atoms with Crippen molar-refractivity contribution >= 4 is 23.3 Å². The first-order valence-electron chi connectivity index (χ1n) is 5.11. The fraction of sp³-hybridized carbons (Fsp3) is 0.0833. The van der Waals surface area contributed by atoms with Crippen molar-refractivity contribution in [3.63, 3.8) is 0 Å². The highest BCUT2D eigenvalue weighted by atomic mass is 35.5. The topological polar surface area (TPSA) is 54.9 Å². The molecule has 6 heteroatoms. The van der Waals surface area contributed by atoms with Gasteiger partial charge in [-0.2, -0.15) is 0 Å². The van der Waals surface area contributed by atoms with Gasteiger partial charge in [-0.25, -0.2) is 9.37 Å². The van der Waals surface area contributed by atoms with E-state index in [0.717, 1.165) is 5.56 Å². The van der Waals surface area contributed by atoms with Crippen molar-refractivity contribution < 1.29 is 9.18 Å². The molecule has 2 aromatic rings. The van der Waals surface area contributed by atoms with E-state index in [1.807, 2.05) is 0 Å². The predicted molar refractivity (Wildman–Crippen MR) is 66.1 cm³/mol. The normalized spacial score (nSPS) is 10.2. The van der Waals surface area contributed by atoms with Gasteiger partial charge in [0.2, 0.25) is 0 Å². The van der Waals surface area contributed by atoms with Gasteiger partial charge in [-0.1, -0.05) is 17.7 Å². The van der Waals surface area contributed by atoms with Gasteiger partial charge < -0.3 is 5.32 Å². The zero-order valence-electron chi connectivity index (χ0n) is 9.45. The third kappa shape index (κ3) is 2.81. The molecule has 0 radical (unpaired) electrons. The number of nitrogens with one attached hydrogen (secondary N) is 1. The Balaban J connectivity index is 2.22. The molecule has 1 aromatic heterocycles. The molecule has 1 aromatic carbocycles. The van der Waals surface area contributed by atoms with E-state index in [9.17, 15) is 9.18 Å². The maximum absolute atomic E-state index is 13.6. The van der Waals surface area contributed by atoms with E-state index in [4.69, 9.17) is 11.6 Å². The number of halogens is 2. The maximum atomic E-state index is 13.6. The minimum Gasteiger partial charge on any atom is -0.305 e. The van der Waals surface area contributed by atoms with Gasteiger partial charge in [0.15, 0.2) is 5.82 Å². The third-order valence-corrected chi connectivity index (χ3v) is 2.40. The number of hydrogen-bond acceptors (Lipinski definition) is 3. The van der Waals surface area contributed by atoms with Crippen LogP contribution in [0.5, 0.6) is 0 Å². The van der Waals surface area contributed by atoms with Gasteiger partial charge >= 0.3 is 0 Å². The van der Waals surface area contributed by atoms with Gasteiger partial charge in [-0.15, -0.1) is 0 Å². The summed E-state index contributed by atoms with van der Waals surface area (Å²) in [6.07, 6.45) is 2.67. The van der Waals surface area contributed by atoms with Crippen LogP contribution < -0.4 is 5.32 Å². The van der Waals surface area contributed by atoms with Crippen LogP contribution in [0.1, 0.15) is 15.9 Å². The molecule has 0 atom stereocenters. The van der Waals surface area contributed by atoms with Gasteiger partial charge in [0.05, 0.1) is 18.0 Å². The SMILES string of the molecule is Cc1ccc(C(=O)Nc2cncc(Cl)n2)c(F)c1. The summed E-state index contributed by atoms with van der Waals surface area (Å²) in [5.41, 5.74) is 0.689. The molecule has 92 valence electrons. The van der Waals surface area contributed by atoms with Crippen LogP contribution in [0.15, 0.2) is 30.6 Å². The monoisotopic (exact) mass is 265 g/mol. The Morgan fingerprint density at radius 1 is 1.39 bits per heavy atom. The second-order valence-electron chi connectivity index (χ2n) is 3.66. The lowest BCUT2D eigenvalue weighted by molar-refractivity contribution is 0.102. The summed E-state index contributed by atoms with van der Waals surface area (Å²) in [5.74, 6) is -1.00. The maximum Gasteiger partial charge on any atom is 0.259 e. The molecule has 0 bridgehead atoms. The van der Waals surface area contributed by atoms with Crippen molar-refractivity contribution in [1.82, 2.24) is 9.97 Å². The number of hydrogen-bond donors (Lipinski definition) is 1. The smallest absolute Gasteiger partial charge is 0.259 e. The molecular formula is C12H9ClFN3O. The molecule has 0 aliphatic heterocycles. The van der Waals surface area contributed by atoms with Crippen LogP contribution in [0.25, 0.3) is 0 Å². The highest BCUT2D eigenvalue weighted by molar-refractivity contribution is 6.29. The van der Waals surface area contributed by atoms with Crippen molar-refractivity contribution in [2.24, 2.45) is 0 Å². The number of rotatable bonds is 2. The molecule has 0 spiro atoms. The fourth-order valence-corrected chi connectivity index (χ4v) is 1.54. The van der Waals surface area contributed by atoms with Crippen molar-refractivity contribution in [3.8, 4) is 0 Å². The summed E-state index contributed by atoms with van der Waals surface area (Å²) >= 11 is 5.63. The number of aryl methyl sites for hydroxylation is 1. The Bertz CT molecular complexity index is 604. The van der Waals surface area contributed by atoms with E-state index in [1.54, 1.807) is 13.0 Å². The van der Waals surface area contributed by atoms with Gasteiger partial charge in [0, 0.05) is 0 Å². The molecule has 0 saturated carbocycles. The zero-order chi connectivity index (χ0) is 13.1. The molecule has 4 nitrogen and oxygen atoms in total. The van der Waals surface area contributed by atoms with E-state index in [1.165, 1.54) is 24.5 Å². The predicted octanol–water partition coefficient (Wildman–Crippen LogP) is 2.83. The Morgan fingerprint density at radius 2 is 2.17 bits per heavy atom. The Hall–Kier alpha value is -2.01. The van der Waals surface area contributed by atoms with Gasteiger partial charge in [-0.3, -0.25) is 9.78 Å². The second-order valence-corrected chi connectivity index (χ2v) is 4.05. The van der Waals surface area contributed by atoms with Crippen LogP contribution in [-0.4, -0.2) is 15.9 Å². The van der Waals surface area contributed by atoms with Crippen molar-refractivity contribution in [2.75, 3.05) is 5.32 Å². The van der Waals surface area contributed by atoms with Crippen molar-refractivity contribution in [3.05, 3.63) is 52.7 Å². The molecule has 0 unspecified atom stereocenters. The summed E-state index contributed by atoms with van der Waals surface area (Å²) < 4.78 is 13.6. The van der Waals surface area contributed by atoms with E-state index in [0.29, 0.717) is 0 Å². The average molecular weight is 266 g/mol. The molecule has 0 saturated heterocycles. The molecule has 0 fully saturated rings. The summed E-state index contributed by atoms with van der Waals surface area (Å²) in [7, 11) is 0. The van der Waals surface area contributed by atoms with Gasteiger partial charge in [0.1, 0.15) is 11.0 Å². The first-order valence-corrected chi connectivity index (χ1v) is 5.49. The highest BCUT2D eigenvalue weighted by Gasteiger charge is 2.12. The first-order chi connectivity index (χ1) is 8.56. The molecule has 18 heavy (non-hydrogen) atoms. The minimum atomic E-state index is -0.593. The number of nitrogens with zero attached hydrogens (tertiary/aromatic N) is 2. The summed E-state index contributed by atoms with van der Waals surface area (Å²) in [6, 6.07) is 4.36. The number of carbonyl (C=O) groups excluding carboxylic acids is 1. The molecule has 1 amide bonds. The summed E-state index contributed by atoms with van der Waals surface area (Å²) in [4.78, 5) is 19.4. The molecule has 0 aliphatic carbocycles. The number of anilines is 1. The average Bonchev–Trinajstić information content (AvgIpc) is 2.28. The third-order valence-electron chi connectivity index (χ3n) is 2.22. The lowest BCUT2D eigenvalue weighted by Gasteiger charge is -2.05. The largest absolute Gasteiger partial charge is 0.305 e. The number of benzene rings is 1. The van der Waals surface area contributed by atoms with Crippen LogP contribution in [0.3, 0.4) is 0 Å². The molecule has 1 N–H and O–H groups in total. The van der Waals surface area contributed by atoms with Crippen LogP contribution in [0, 0.1) is 12.7 Å². The number of carbonyl (C=O) groups is 1. The van der Waals surface area contributed by atoms with Gasteiger partial charge in [-0.05, 0) is 24.6 Å². The highest BCUT2D eigenvalue weighted by Crippen LogP contribution is 2.13. The lowest BCUT2D eigenvalue weighted by atomic mass is 10.1. The quantitative estimate of drug-likeness (QED) is 0.908. The zero-order valence-corrected chi connectivity index (χ0v) is 10.2. The summed E-state index contributed by atoms with van der Waals surface area (Å²) in [5, 5.41) is 2.57. The number of amides is 1. The number of aromatic nitrogens is 2. The lowest BCUT2D eigenvalue weighted by Crippen LogP contribution is -2.15. The Morgan fingerprint density at radius 3 is 2.83 bits per heavy atom. The standard InChI is InChI=1S/C12H9ClFN3O/c1-7-2-3-8(9(14)4-7)12(18)17-11-6-15-5-10(13)16-11/h2-6H,1H3,(H,16,17,18). The minimum absolute atomic E-state index is 0.0534. The van der Waals surface area contributed by atoms with Crippen LogP contribution >= 0.6 is 11.6 Å². The van der Waals surface area contributed by atoms with Crippen LogP contribution in [-0.2, 0) is 0 Å². The van der Waals surface area contributed by atoms with Crippen LogP contribution in [0.2, 0.25) is 5.15 Å². The second kappa shape index (κ2) is 5.10. The van der Waals surface area contributed by atoms with E-state index in [2.05, 4.69) is 15.3 Å². The summed E-state index contributed by atoms with van der Waals surface area (Å²) in [6.45, 7) is 1.74. The molecule has 1 heterocycles. The van der Waals surface area contributed by atoms with Crippen molar-refractivity contribution in [2.45, 2.75) is 6.92 Å². The fourth-order valence-electron chi connectivity index (χ4n) is 1.39. The molecule has 2 rings (SSSR count). The van der Waals surface area contributed by atoms with E-state index < -0.39 is 11.7 Å². The van der Waals surface area contributed by atoms with Gasteiger partial charge in [0.25, 0.3) is 5.91 Å².